The largest absolute Gasteiger partial charge is 0.303 e. The van der Waals surface area contributed by atoms with E-state index in [4.69, 9.17) is 11.6 Å². The number of benzene rings is 1. The number of halogens is 2. The van der Waals surface area contributed by atoms with Crippen LogP contribution in [0.2, 0.25) is 5.02 Å². The first-order valence-corrected chi connectivity index (χ1v) is 6.75. The van der Waals surface area contributed by atoms with Crippen LogP contribution in [0.15, 0.2) is 53.3 Å². The van der Waals surface area contributed by atoms with Crippen molar-refractivity contribution in [3.8, 4) is 0 Å². The normalized spacial score (nSPS) is 11.0. The number of rotatable bonds is 2. The second kappa shape index (κ2) is 4.75. The van der Waals surface area contributed by atoms with Gasteiger partial charge in [-0.1, -0.05) is 23.7 Å². The predicted octanol–water partition coefficient (Wildman–Crippen LogP) is 4.34. The first-order chi connectivity index (χ1) is 8.72. The molecule has 4 heteroatoms. The van der Waals surface area contributed by atoms with E-state index in [1.165, 1.54) is 5.56 Å². The van der Waals surface area contributed by atoms with Gasteiger partial charge in [-0.3, -0.25) is 0 Å². The molecule has 0 N–H and O–H groups in total. The highest BCUT2D eigenvalue weighted by atomic mass is 79.9. The average molecular weight is 322 g/mol. The smallest absolute Gasteiger partial charge is 0.136 e. The Kier molecular flexibility index (Phi) is 3.10. The molecule has 0 fully saturated rings. The molecular formula is C14H10BrClN2. The highest BCUT2D eigenvalue weighted by Crippen LogP contribution is 2.17. The van der Waals surface area contributed by atoms with Gasteiger partial charge in [-0.05, 0) is 45.8 Å². The third-order valence-corrected chi connectivity index (χ3v) is 3.57. The third-order valence-electron chi connectivity index (χ3n) is 2.84. The SMILES string of the molecule is Clc1ccc(Cc2cnc3ccc(Br)cn23)cc1. The van der Waals surface area contributed by atoms with Gasteiger partial charge in [0.2, 0.25) is 0 Å². The molecule has 0 amide bonds. The molecule has 3 rings (SSSR count). The molecule has 2 heterocycles. The van der Waals surface area contributed by atoms with Crippen molar-refractivity contribution >= 4 is 33.2 Å². The van der Waals surface area contributed by atoms with Crippen LogP contribution in [0.1, 0.15) is 11.3 Å². The highest BCUT2D eigenvalue weighted by molar-refractivity contribution is 9.10. The van der Waals surface area contributed by atoms with Crippen LogP contribution in [-0.4, -0.2) is 9.38 Å². The average Bonchev–Trinajstić information content (AvgIpc) is 2.75. The Balaban J connectivity index is 1.99. The Bertz CT molecular complexity index is 689. The Labute approximate surface area is 118 Å². The van der Waals surface area contributed by atoms with E-state index < -0.39 is 0 Å². The quantitative estimate of drug-likeness (QED) is 0.686. The molecule has 18 heavy (non-hydrogen) atoms. The summed E-state index contributed by atoms with van der Waals surface area (Å²) >= 11 is 9.37. The van der Waals surface area contributed by atoms with E-state index in [0.29, 0.717) is 0 Å². The van der Waals surface area contributed by atoms with Crippen molar-refractivity contribution in [2.24, 2.45) is 0 Å². The number of fused-ring (bicyclic) bond motifs is 1. The fourth-order valence-corrected chi connectivity index (χ4v) is 2.41. The van der Waals surface area contributed by atoms with Crippen molar-refractivity contribution in [3.05, 3.63) is 69.5 Å². The first kappa shape index (κ1) is 11.8. The summed E-state index contributed by atoms with van der Waals surface area (Å²) in [4.78, 5) is 4.39. The van der Waals surface area contributed by atoms with Crippen LogP contribution in [-0.2, 0) is 6.42 Å². The standard InChI is InChI=1S/C14H10BrClN2/c15-11-3-6-14-17-8-13(18(14)9-11)7-10-1-4-12(16)5-2-10/h1-6,8-9H,7H2. The van der Waals surface area contributed by atoms with Crippen molar-refractivity contribution in [2.75, 3.05) is 0 Å². The minimum absolute atomic E-state index is 0.764. The van der Waals surface area contributed by atoms with Gasteiger partial charge in [-0.25, -0.2) is 4.98 Å². The van der Waals surface area contributed by atoms with Crippen molar-refractivity contribution in [2.45, 2.75) is 6.42 Å². The van der Waals surface area contributed by atoms with Gasteiger partial charge in [0.1, 0.15) is 5.65 Å². The van der Waals surface area contributed by atoms with Gasteiger partial charge in [-0.2, -0.15) is 0 Å². The predicted molar refractivity (Wildman–Crippen MR) is 77.2 cm³/mol. The summed E-state index contributed by atoms with van der Waals surface area (Å²) in [5.74, 6) is 0. The molecule has 1 aromatic carbocycles. The lowest BCUT2D eigenvalue weighted by Crippen LogP contribution is -1.94. The zero-order valence-electron chi connectivity index (χ0n) is 9.48. The van der Waals surface area contributed by atoms with Crippen molar-refractivity contribution < 1.29 is 0 Å². The summed E-state index contributed by atoms with van der Waals surface area (Å²) in [7, 11) is 0. The molecule has 0 atom stereocenters. The van der Waals surface area contributed by atoms with Crippen molar-refractivity contribution in [1.29, 1.82) is 0 Å². The van der Waals surface area contributed by atoms with Crippen LogP contribution < -0.4 is 0 Å². The van der Waals surface area contributed by atoms with Crippen molar-refractivity contribution in [1.82, 2.24) is 9.38 Å². The van der Waals surface area contributed by atoms with Crippen LogP contribution in [0.25, 0.3) is 5.65 Å². The molecule has 0 aliphatic heterocycles. The summed E-state index contributed by atoms with van der Waals surface area (Å²) in [5.41, 5.74) is 3.34. The summed E-state index contributed by atoms with van der Waals surface area (Å²) in [6.07, 6.45) is 4.79. The number of nitrogens with zero attached hydrogens (tertiary/aromatic N) is 2. The Morgan fingerprint density at radius 3 is 2.67 bits per heavy atom. The fourth-order valence-electron chi connectivity index (χ4n) is 1.95. The van der Waals surface area contributed by atoms with Crippen LogP contribution in [0.4, 0.5) is 0 Å². The maximum Gasteiger partial charge on any atom is 0.136 e. The van der Waals surface area contributed by atoms with Crippen LogP contribution in [0.3, 0.4) is 0 Å². The zero-order valence-corrected chi connectivity index (χ0v) is 11.8. The molecule has 3 aromatic rings. The van der Waals surface area contributed by atoms with Gasteiger partial charge in [0.05, 0.1) is 0 Å². The van der Waals surface area contributed by atoms with E-state index in [1.54, 1.807) is 0 Å². The summed E-state index contributed by atoms with van der Waals surface area (Å²) in [5, 5.41) is 0.764. The monoisotopic (exact) mass is 320 g/mol. The van der Waals surface area contributed by atoms with Gasteiger partial charge < -0.3 is 4.40 Å². The van der Waals surface area contributed by atoms with Gasteiger partial charge in [0, 0.05) is 34.0 Å². The summed E-state index contributed by atoms with van der Waals surface area (Å²) in [6, 6.07) is 11.9. The molecule has 2 aromatic heterocycles. The lowest BCUT2D eigenvalue weighted by molar-refractivity contribution is 1.02. The van der Waals surface area contributed by atoms with E-state index in [-0.39, 0.29) is 0 Å². The summed E-state index contributed by atoms with van der Waals surface area (Å²) < 4.78 is 3.14. The number of imidazole rings is 1. The van der Waals surface area contributed by atoms with E-state index in [9.17, 15) is 0 Å². The molecule has 0 aliphatic rings. The molecular weight excluding hydrogens is 312 g/mol. The van der Waals surface area contributed by atoms with Gasteiger partial charge in [-0.15, -0.1) is 0 Å². The topological polar surface area (TPSA) is 17.3 Å². The van der Waals surface area contributed by atoms with E-state index >= 15 is 0 Å². The lowest BCUT2D eigenvalue weighted by atomic mass is 10.1. The lowest BCUT2D eigenvalue weighted by Gasteiger charge is -2.03. The van der Waals surface area contributed by atoms with E-state index in [2.05, 4.69) is 25.3 Å². The number of pyridine rings is 1. The second-order valence-electron chi connectivity index (χ2n) is 4.13. The fraction of sp³-hybridized carbons (Fsp3) is 0.0714. The summed E-state index contributed by atoms with van der Waals surface area (Å²) in [6.45, 7) is 0. The van der Waals surface area contributed by atoms with E-state index in [1.807, 2.05) is 48.8 Å². The van der Waals surface area contributed by atoms with Crippen LogP contribution in [0, 0.1) is 0 Å². The Morgan fingerprint density at radius 1 is 1.11 bits per heavy atom. The molecule has 0 bridgehead atoms. The molecule has 0 spiro atoms. The maximum absolute atomic E-state index is 5.89. The van der Waals surface area contributed by atoms with E-state index in [0.717, 1.165) is 27.3 Å². The minimum atomic E-state index is 0.764. The first-order valence-electron chi connectivity index (χ1n) is 5.58. The molecule has 90 valence electrons. The third kappa shape index (κ3) is 2.28. The van der Waals surface area contributed by atoms with Gasteiger partial charge in [0.15, 0.2) is 0 Å². The van der Waals surface area contributed by atoms with Gasteiger partial charge in [0.25, 0.3) is 0 Å². The molecule has 0 saturated carbocycles. The molecule has 0 saturated heterocycles. The number of hydrogen-bond acceptors (Lipinski definition) is 1. The number of hydrogen-bond donors (Lipinski definition) is 0. The van der Waals surface area contributed by atoms with Crippen molar-refractivity contribution in [3.63, 3.8) is 0 Å². The minimum Gasteiger partial charge on any atom is -0.303 e. The van der Waals surface area contributed by atoms with Gasteiger partial charge >= 0.3 is 0 Å². The number of aromatic nitrogens is 2. The molecule has 2 nitrogen and oxygen atoms in total. The Hall–Kier alpha value is -1.32. The second-order valence-corrected chi connectivity index (χ2v) is 5.48. The molecule has 0 aliphatic carbocycles. The highest BCUT2D eigenvalue weighted by Gasteiger charge is 2.04. The molecule has 0 radical (unpaired) electrons. The zero-order chi connectivity index (χ0) is 12.5. The Morgan fingerprint density at radius 2 is 1.89 bits per heavy atom. The van der Waals surface area contributed by atoms with Crippen LogP contribution in [0.5, 0.6) is 0 Å². The van der Waals surface area contributed by atoms with Crippen LogP contribution >= 0.6 is 27.5 Å². The molecule has 0 unspecified atom stereocenters. The maximum atomic E-state index is 5.89.